The highest BCUT2D eigenvalue weighted by atomic mass is 35.5. The van der Waals surface area contributed by atoms with Crippen molar-refractivity contribution in [3.05, 3.63) is 193 Å². The van der Waals surface area contributed by atoms with Gasteiger partial charge in [0.1, 0.15) is 28.2 Å². The van der Waals surface area contributed by atoms with E-state index in [1.807, 2.05) is 0 Å². The van der Waals surface area contributed by atoms with Gasteiger partial charge in [-0.1, -0.05) is 48.5 Å². The maximum atomic E-state index is 5.62. The lowest BCUT2D eigenvalue weighted by molar-refractivity contribution is -0.644. The van der Waals surface area contributed by atoms with Crippen molar-refractivity contribution >= 4 is 90.0 Å². The first-order valence-corrected chi connectivity index (χ1v) is 23.0. The molecule has 0 radical (unpaired) electrons. The number of aryl methyl sites for hydroxylation is 4. The van der Waals surface area contributed by atoms with Crippen molar-refractivity contribution < 1.29 is 67.9 Å². The Bertz CT molecular complexity index is 4050. The van der Waals surface area contributed by atoms with Gasteiger partial charge >= 0.3 is 0 Å². The van der Waals surface area contributed by atoms with Crippen LogP contribution in [0.25, 0.3) is 134 Å². The first kappa shape index (κ1) is 49.3. The van der Waals surface area contributed by atoms with Crippen LogP contribution in [-0.2, 0) is 28.2 Å². The standard InChI is InChI=1S/C60H46N8.4ClH/c1-65-33-41(29-37-13-5-9-17-53(37)65)57-45-21-23-47(61-45)58(42-30-38-14-6-10-18-54(38)66(2)34-42)49-25-27-51(63-49)60(44-32-40-16-8-12-20-56(40)68(4)36-44)52-28-26-50(64-52)59(48-24-22-46(57)62-48)43-31-39-15-7-11-19-55(39)67(3)35-43;;;;/h5-36,61-62H,1-4H3;4*1H/q+4;;;;/p-4. The van der Waals surface area contributed by atoms with Gasteiger partial charge in [-0.05, 0) is 97.1 Å². The minimum absolute atomic E-state index is 0. The molecule has 8 bridgehead atoms. The van der Waals surface area contributed by atoms with E-state index in [9.17, 15) is 0 Å². The summed E-state index contributed by atoms with van der Waals surface area (Å²) in [4.78, 5) is 19.2. The minimum atomic E-state index is 0. The number of halogens is 4. The number of benzene rings is 4. The maximum absolute atomic E-state index is 5.62. The highest BCUT2D eigenvalue weighted by Crippen LogP contribution is 2.39. The van der Waals surface area contributed by atoms with Gasteiger partial charge in [0.15, 0.2) is 24.8 Å². The number of aromatic amines is 2. The van der Waals surface area contributed by atoms with E-state index in [1.165, 1.54) is 0 Å². The van der Waals surface area contributed by atoms with Crippen LogP contribution in [-0.4, -0.2) is 19.9 Å². The highest BCUT2D eigenvalue weighted by molar-refractivity contribution is 6.02. The average molecular weight is 1020 g/mol. The molecule has 0 amide bonds. The van der Waals surface area contributed by atoms with Crippen molar-refractivity contribution in [2.45, 2.75) is 0 Å². The molecule has 0 unspecified atom stereocenters. The molecule has 0 atom stereocenters. The Hall–Kier alpha value is -7.72. The molecule has 0 spiro atoms. The third kappa shape index (κ3) is 8.26. The zero-order valence-electron chi connectivity index (χ0n) is 39.7. The van der Waals surface area contributed by atoms with Crippen LogP contribution in [0.5, 0.6) is 0 Å². The van der Waals surface area contributed by atoms with E-state index in [0.29, 0.717) is 0 Å². The van der Waals surface area contributed by atoms with E-state index in [4.69, 9.17) is 9.97 Å². The lowest BCUT2D eigenvalue weighted by Gasteiger charge is -2.08. The number of hydrogen-bond donors (Lipinski definition) is 2. The monoisotopic (exact) mass is 1020 g/mol. The molecule has 0 aliphatic carbocycles. The second kappa shape index (κ2) is 19.5. The van der Waals surface area contributed by atoms with Crippen LogP contribution >= 0.6 is 0 Å². The molecule has 2 aliphatic rings. The fourth-order valence-corrected chi connectivity index (χ4v) is 10.6. The Balaban J connectivity index is 0.00000160. The predicted octanol–water partition coefficient (Wildman–Crippen LogP) is -0.750. The van der Waals surface area contributed by atoms with E-state index in [-0.39, 0.29) is 49.6 Å². The number of nitrogens with one attached hydrogen (secondary N) is 2. The first-order chi connectivity index (χ1) is 33.3. The number of fused-ring (bicyclic) bond motifs is 12. The van der Waals surface area contributed by atoms with E-state index >= 15 is 0 Å². The number of pyridine rings is 4. The highest BCUT2D eigenvalue weighted by Gasteiger charge is 2.24. The normalized spacial score (nSPS) is 11.6. The van der Waals surface area contributed by atoms with Crippen LogP contribution in [0.4, 0.5) is 0 Å². The van der Waals surface area contributed by atoms with E-state index in [1.54, 1.807) is 0 Å². The molecule has 12 heteroatoms. The van der Waals surface area contributed by atoms with Crippen molar-refractivity contribution in [2.75, 3.05) is 0 Å². The fourth-order valence-electron chi connectivity index (χ4n) is 10.6. The SMILES string of the molecule is C[n+]1cc(-c2c3nc(c(-c4cc5ccccc5[n+](C)c4)c4ccc([nH]4)c(-c4cc5ccccc5[n+](C)c4)c4ccc([nH]4)c(-c4cc5ccccc5[n+](C)c4)c4nc2C=C4)C=C3)cc2ccccc21.[Cl-].[Cl-].[Cl-].[Cl-]. The molecule has 354 valence electrons. The maximum Gasteiger partial charge on any atom is 0.212 e. The summed E-state index contributed by atoms with van der Waals surface area (Å²) in [7, 11) is 8.48. The van der Waals surface area contributed by atoms with Crippen LogP contribution in [0.1, 0.15) is 22.8 Å². The predicted molar refractivity (Wildman–Crippen MR) is 275 cm³/mol. The molecule has 72 heavy (non-hydrogen) atoms. The van der Waals surface area contributed by atoms with Crippen molar-refractivity contribution in [2.24, 2.45) is 28.2 Å². The zero-order chi connectivity index (χ0) is 45.6. The molecule has 4 aromatic carbocycles. The molecule has 8 nitrogen and oxygen atoms in total. The third-order valence-corrected chi connectivity index (χ3v) is 13.8. The Morgan fingerprint density at radius 2 is 0.556 bits per heavy atom. The van der Waals surface area contributed by atoms with Gasteiger partial charge in [0.05, 0.1) is 45.0 Å². The van der Waals surface area contributed by atoms with Gasteiger partial charge in [-0.3, -0.25) is 0 Å². The van der Waals surface area contributed by atoms with Gasteiger partial charge in [-0.25, -0.2) is 28.2 Å². The summed E-state index contributed by atoms with van der Waals surface area (Å²) in [6.07, 6.45) is 17.5. The number of para-hydroxylation sites is 4. The molecule has 2 N–H and O–H groups in total. The lowest BCUT2D eigenvalue weighted by Crippen LogP contribution is -3.00. The summed E-state index contributed by atoms with van der Waals surface area (Å²) in [5, 5.41) is 4.60. The molecule has 7 aromatic heterocycles. The number of hydrogen-bond acceptors (Lipinski definition) is 2. The van der Waals surface area contributed by atoms with Crippen molar-refractivity contribution in [1.29, 1.82) is 0 Å². The molecular formula is C60H46Cl4N8. The molecule has 11 aromatic rings. The second-order valence-corrected chi connectivity index (χ2v) is 18.1. The van der Waals surface area contributed by atoms with E-state index in [2.05, 4.69) is 251 Å². The Morgan fingerprint density at radius 3 is 0.875 bits per heavy atom. The summed E-state index contributed by atoms with van der Waals surface area (Å²) < 4.78 is 8.85. The van der Waals surface area contributed by atoms with Gasteiger partial charge in [0.2, 0.25) is 22.1 Å². The quantitative estimate of drug-likeness (QED) is 0.228. The fraction of sp³-hybridized carbons (Fsp3) is 0.0667. The van der Waals surface area contributed by atoms with Crippen molar-refractivity contribution in [1.82, 2.24) is 19.9 Å². The summed E-state index contributed by atoms with van der Waals surface area (Å²) in [6, 6.07) is 52.2. The van der Waals surface area contributed by atoms with Gasteiger partial charge in [0.25, 0.3) is 0 Å². The first-order valence-electron chi connectivity index (χ1n) is 23.0. The Labute approximate surface area is 441 Å². The largest absolute Gasteiger partial charge is 1.00 e. The van der Waals surface area contributed by atoms with E-state index < -0.39 is 0 Å². The molecule has 2 aliphatic heterocycles. The number of H-pyrrole nitrogens is 2. The summed E-state index contributed by atoms with van der Waals surface area (Å²) >= 11 is 0. The second-order valence-electron chi connectivity index (χ2n) is 18.1. The topological polar surface area (TPSA) is 72.9 Å². The van der Waals surface area contributed by atoms with Crippen LogP contribution < -0.4 is 67.9 Å². The smallest absolute Gasteiger partial charge is 0.212 e. The van der Waals surface area contributed by atoms with Gasteiger partial charge in [-0.2, -0.15) is 0 Å². The van der Waals surface area contributed by atoms with Crippen LogP contribution in [0.2, 0.25) is 0 Å². The number of nitrogens with zero attached hydrogens (tertiary/aromatic N) is 6. The molecule has 13 rings (SSSR count). The molecule has 0 fully saturated rings. The van der Waals surface area contributed by atoms with Crippen LogP contribution in [0, 0.1) is 0 Å². The van der Waals surface area contributed by atoms with Gasteiger partial charge in [-0.15, -0.1) is 0 Å². The summed E-state index contributed by atoms with van der Waals surface area (Å²) in [5.41, 5.74) is 20.2. The zero-order valence-corrected chi connectivity index (χ0v) is 42.7. The number of aromatic nitrogens is 8. The molecular weight excluding hydrogens is 975 g/mol. The summed E-state index contributed by atoms with van der Waals surface area (Å²) in [6.45, 7) is 0. The van der Waals surface area contributed by atoms with Gasteiger partial charge in [0, 0.05) is 90.1 Å². The van der Waals surface area contributed by atoms with Gasteiger partial charge < -0.3 is 59.6 Å². The Kier molecular flexibility index (Phi) is 13.3. The number of rotatable bonds is 4. The average Bonchev–Trinajstić information content (AvgIpc) is 4.21. The van der Waals surface area contributed by atoms with Crippen LogP contribution in [0.3, 0.4) is 0 Å². The van der Waals surface area contributed by atoms with Crippen molar-refractivity contribution in [3.63, 3.8) is 0 Å². The molecule has 0 saturated carbocycles. The third-order valence-electron chi connectivity index (χ3n) is 13.8. The molecule has 0 saturated heterocycles. The lowest BCUT2D eigenvalue weighted by atomic mass is 10.0. The van der Waals surface area contributed by atoms with Crippen LogP contribution in [0.15, 0.2) is 170 Å². The van der Waals surface area contributed by atoms with E-state index in [0.717, 1.165) is 133 Å². The van der Waals surface area contributed by atoms with Crippen molar-refractivity contribution in [3.8, 4) is 44.5 Å². The molecule has 9 heterocycles. The summed E-state index contributed by atoms with van der Waals surface area (Å²) in [5.74, 6) is 0. The minimum Gasteiger partial charge on any atom is -1.00 e. The Morgan fingerprint density at radius 1 is 0.306 bits per heavy atom.